The van der Waals surface area contributed by atoms with Crippen LogP contribution in [-0.4, -0.2) is 30.4 Å². The number of fused-ring (bicyclic) bond motifs is 9. The van der Waals surface area contributed by atoms with Crippen LogP contribution >= 0.6 is 0 Å². The predicted octanol–water partition coefficient (Wildman–Crippen LogP) is 7.35. The van der Waals surface area contributed by atoms with E-state index in [2.05, 4.69) is 40.9 Å². The fourth-order valence-corrected chi connectivity index (χ4v) is 8.30. The Morgan fingerprint density at radius 2 is 1.59 bits per heavy atom. The second kappa shape index (κ2) is 12.1. The van der Waals surface area contributed by atoms with Crippen molar-refractivity contribution in [3.8, 4) is 0 Å². The first kappa shape index (κ1) is 29.9. The van der Waals surface area contributed by atoms with Gasteiger partial charge < -0.3 is 14.2 Å². The molecule has 4 aliphatic rings. The van der Waals surface area contributed by atoms with E-state index in [0.717, 1.165) is 32.1 Å². The molecule has 4 bridgehead atoms. The second-order valence-electron chi connectivity index (χ2n) is 14.0. The molecule has 4 rings (SSSR count). The zero-order valence-electron chi connectivity index (χ0n) is 24.5. The van der Waals surface area contributed by atoms with Gasteiger partial charge in [0.25, 0.3) is 0 Å². The van der Waals surface area contributed by atoms with E-state index in [9.17, 15) is 9.59 Å². The fourth-order valence-electron chi connectivity index (χ4n) is 8.30. The topological polar surface area (TPSA) is 61.8 Å². The van der Waals surface area contributed by atoms with Gasteiger partial charge in [-0.05, 0) is 107 Å². The summed E-state index contributed by atoms with van der Waals surface area (Å²) in [5.74, 6) is 3.39. The van der Waals surface area contributed by atoms with E-state index >= 15 is 0 Å². The van der Waals surface area contributed by atoms with Crippen LogP contribution in [0.3, 0.4) is 0 Å². The van der Waals surface area contributed by atoms with Gasteiger partial charge in [0.05, 0.1) is 17.9 Å². The van der Waals surface area contributed by atoms with Crippen molar-refractivity contribution in [2.45, 2.75) is 105 Å². The summed E-state index contributed by atoms with van der Waals surface area (Å²) in [5.41, 5.74) is -0.243. The Labute approximate surface area is 225 Å². The number of hydrogen-bond donors (Lipinski definition) is 0. The first-order valence-electron chi connectivity index (χ1n) is 14.5. The Balaban J connectivity index is 0.000000695. The summed E-state index contributed by atoms with van der Waals surface area (Å²) in [5, 5.41) is 0. The van der Waals surface area contributed by atoms with E-state index < -0.39 is 0 Å². The molecule has 0 saturated heterocycles. The van der Waals surface area contributed by atoms with Crippen molar-refractivity contribution in [2.24, 2.45) is 52.8 Å². The van der Waals surface area contributed by atoms with Gasteiger partial charge in [-0.1, -0.05) is 39.8 Å². The number of carbonyl (C=O) groups excluding carboxylic acids is 2. The number of hydrogen-bond acceptors (Lipinski definition) is 5. The maximum absolute atomic E-state index is 12.9. The van der Waals surface area contributed by atoms with Crippen molar-refractivity contribution in [1.29, 1.82) is 0 Å². The second-order valence-corrected chi connectivity index (χ2v) is 14.0. The lowest BCUT2D eigenvalue weighted by atomic mass is 9.71. The molecule has 0 aromatic heterocycles. The average molecular weight is 517 g/mol. The largest absolute Gasteiger partial charge is 0.459 e. The minimum absolute atomic E-state index is 0.0250. The number of rotatable bonds is 9. The average Bonchev–Trinajstić information content (AvgIpc) is 3.44. The third-order valence-electron chi connectivity index (χ3n) is 9.12. The Hall–Kier alpha value is -1.62. The summed E-state index contributed by atoms with van der Waals surface area (Å²) < 4.78 is 17.1. The quantitative estimate of drug-likeness (QED) is 0.139. The van der Waals surface area contributed by atoms with E-state index in [1.54, 1.807) is 0 Å². The summed E-state index contributed by atoms with van der Waals surface area (Å²) in [6, 6.07) is 0. The molecule has 5 heteroatoms. The van der Waals surface area contributed by atoms with Crippen LogP contribution in [-0.2, 0) is 23.8 Å². The van der Waals surface area contributed by atoms with Gasteiger partial charge in [0, 0.05) is 0 Å². The molecule has 0 spiro atoms. The van der Waals surface area contributed by atoms with Gasteiger partial charge in [-0.3, -0.25) is 9.59 Å². The molecule has 9 unspecified atom stereocenters. The molecular weight excluding hydrogens is 464 g/mol. The number of carbonyl (C=O) groups is 2. The van der Waals surface area contributed by atoms with Crippen LogP contribution in [0.1, 0.15) is 93.4 Å². The van der Waals surface area contributed by atoms with Gasteiger partial charge in [0.2, 0.25) is 0 Å². The standard InChI is InChI=1S/C27H44O5.C5H8/c1-15(2)30-14-31-25(29)21-10-17-9-20(21)23-19-8-18(22(17)23)12-27(7,13-19)32-24(28)16(3)11-26(4,5)6;1-3-5-4-2/h15-23H,8-14H2,1-7H3;3-4H,1-2,5H2. The van der Waals surface area contributed by atoms with Gasteiger partial charge in [-0.15, -0.1) is 13.2 Å². The van der Waals surface area contributed by atoms with Gasteiger partial charge in [0.15, 0.2) is 6.79 Å². The van der Waals surface area contributed by atoms with Gasteiger partial charge in [-0.2, -0.15) is 0 Å². The highest BCUT2D eigenvalue weighted by Gasteiger charge is 2.65. The van der Waals surface area contributed by atoms with E-state index in [4.69, 9.17) is 14.2 Å². The zero-order valence-corrected chi connectivity index (χ0v) is 24.5. The van der Waals surface area contributed by atoms with Crippen molar-refractivity contribution in [3.63, 3.8) is 0 Å². The smallest absolute Gasteiger partial charge is 0.311 e. The van der Waals surface area contributed by atoms with Crippen LogP contribution < -0.4 is 0 Å². The molecule has 37 heavy (non-hydrogen) atoms. The van der Waals surface area contributed by atoms with Crippen LogP contribution in [0, 0.1) is 52.8 Å². The molecule has 4 saturated carbocycles. The summed E-state index contributed by atoms with van der Waals surface area (Å²) in [4.78, 5) is 25.7. The third kappa shape index (κ3) is 7.28. The summed E-state index contributed by atoms with van der Waals surface area (Å²) in [6.45, 7) is 21.6. The summed E-state index contributed by atoms with van der Waals surface area (Å²) >= 11 is 0. The highest BCUT2D eigenvalue weighted by Crippen LogP contribution is 2.68. The van der Waals surface area contributed by atoms with Crippen LogP contribution in [0.5, 0.6) is 0 Å². The molecule has 0 aromatic rings. The van der Waals surface area contributed by atoms with E-state index in [-0.39, 0.29) is 47.7 Å². The first-order chi connectivity index (χ1) is 17.3. The van der Waals surface area contributed by atoms with Crippen LogP contribution in [0.4, 0.5) is 0 Å². The van der Waals surface area contributed by atoms with Crippen LogP contribution in [0.25, 0.3) is 0 Å². The lowest BCUT2D eigenvalue weighted by molar-refractivity contribution is -0.169. The van der Waals surface area contributed by atoms with Gasteiger partial charge in [0.1, 0.15) is 5.60 Å². The molecule has 0 radical (unpaired) electrons. The number of ether oxygens (including phenoxy) is 3. The molecule has 5 nitrogen and oxygen atoms in total. The third-order valence-corrected chi connectivity index (χ3v) is 9.12. The zero-order chi connectivity index (χ0) is 27.5. The Bertz CT molecular complexity index is 820. The van der Waals surface area contributed by atoms with Crippen molar-refractivity contribution in [2.75, 3.05) is 6.79 Å². The van der Waals surface area contributed by atoms with E-state index in [1.807, 2.05) is 32.9 Å². The van der Waals surface area contributed by atoms with Crippen molar-refractivity contribution >= 4 is 11.9 Å². The summed E-state index contributed by atoms with van der Waals surface area (Å²) in [6.07, 6.45) is 10.8. The van der Waals surface area contributed by atoms with Gasteiger partial charge >= 0.3 is 11.9 Å². The van der Waals surface area contributed by atoms with Crippen molar-refractivity contribution in [1.82, 2.24) is 0 Å². The maximum atomic E-state index is 12.9. The first-order valence-corrected chi connectivity index (χ1v) is 14.5. The molecule has 0 heterocycles. The molecule has 9 atom stereocenters. The Morgan fingerprint density at radius 1 is 0.973 bits per heavy atom. The summed E-state index contributed by atoms with van der Waals surface area (Å²) in [7, 11) is 0. The Morgan fingerprint density at radius 3 is 2.14 bits per heavy atom. The van der Waals surface area contributed by atoms with Crippen LogP contribution in [0.2, 0.25) is 0 Å². The molecule has 210 valence electrons. The van der Waals surface area contributed by atoms with Crippen LogP contribution in [0.15, 0.2) is 25.3 Å². The lowest BCUT2D eigenvalue weighted by Gasteiger charge is -2.39. The molecule has 0 aliphatic heterocycles. The predicted molar refractivity (Wildman–Crippen MR) is 147 cm³/mol. The highest BCUT2D eigenvalue weighted by atomic mass is 16.7. The monoisotopic (exact) mass is 516 g/mol. The molecule has 0 amide bonds. The van der Waals surface area contributed by atoms with Crippen molar-refractivity contribution in [3.05, 3.63) is 25.3 Å². The normalized spacial score (nSPS) is 36.3. The molecule has 4 fully saturated rings. The molecule has 0 aromatic carbocycles. The van der Waals surface area contributed by atoms with E-state index in [0.29, 0.717) is 35.5 Å². The maximum Gasteiger partial charge on any atom is 0.311 e. The minimum Gasteiger partial charge on any atom is -0.459 e. The number of allylic oxidation sites excluding steroid dienone is 2. The Kier molecular flexibility index (Phi) is 9.75. The molecule has 4 aliphatic carbocycles. The van der Waals surface area contributed by atoms with Crippen molar-refractivity contribution < 1.29 is 23.8 Å². The molecule has 0 N–H and O–H groups in total. The molecular formula is C32H52O5. The van der Waals surface area contributed by atoms with E-state index in [1.165, 1.54) is 12.8 Å². The highest BCUT2D eigenvalue weighted by molar-refractivity contribution is 5.74. The number of esters is 2. The minimum atomic E-state index is -0.359. The lowest BCUT2D eigenvalue weighted by Crippen LogP contribution is -2.41. The fraction of sp³-hybridized carbons (Fsp3) is 0.812. The SMILES string of the molecule is C=CCC=C.CC(C)OCOC(=O)C1CC2CC1C1C3CC(CC(C)(OC(=O)C(C)CC(C)(C)C)C3)C21. The van der Waals surface area contributed by atoms with Gasteiger partial charge in [-0.25, -0.2) is 0 Å².